The number of likely N-dealkylation sites (tertiary alicyclic amines) is 1. The van der Waals surface area contributed by atoms with Gasteiger partial charge in [0.2, 0.25) is 5.91 Å². The van der Waals surface area contributed by atoms with Gasteiger partial charge in [-0.2, -0.15) is 0 Å². The van der Waals surface area contributed by atoms with Gasteiger partial charge >= 0.3 is 0 Å². The Morgan fingerprint density at radius 2 is 2.04 bits per heavy atom. The Labute approximate surface area is 159 Å². The number of hydrogen-bond acceptors (Lipinski definition) is 3. The zero-order chi connectivity index (χ0) is 19.1. The normalized spacial score (nSPS) is 32.8. The van der Waals surface area contributed by atoms with E-state index in [0.717, 1.165) is 37.4 Å². The van der Waals surface area contributed by atoms with E-state index >= 15 is 0 Å². The van der Waals surface area contributed by atoms with Crippen molar-refractivity contribution in [3.05, 3.63) is 23.3 Å². The number of alkyl halides is 1. The van der Waals surface area contributed by atoms with Crippen molar-refractivity contribution >= 4 is 5.91 Å². The minimum atomic E-state index is -0.412. The maximum Gasteiger partial charge on any atom is 0.223 e. The number of halogens is 1. The van der Waals surface area contributed by atoms with Crippen LogP contribution in [0.5, 0.6) is 11.5 Å². The molecule has 7 heteroatoms. The molecule has 1 aromatic rings. The third-order valence-corrected chi connectivity index (χ3v) is 6.64. The number of methoxy groups -OCH3 is 2. The first kappa shape index (κ1) is 18.5. The molecule has 2 saturated heterocycles. The molecule has 3 heterocycles. The van der Waals surface area contributed by atoms with Gasteiger partial charge < -0.3 is 25.0 Å². The number of carbonyl (C=O) groups excluding carboxylic acids is 1. The predicted octanol–water partition coefficient (Wildman–Crippen LogP) is -0.613. The number of fused-ring (bicyclic) bond motifs is 3. The van der Waals surface area contributed by atoms with E-state index in [1.165, 1.54) is 16.0 Å². The molecule has 5 atom stereocenters. The summed E-state index contributed by atoms with van der Waals surface area (Å²) in [5, 5.41) is 0. The summed E-state index contributed by atoms with van der Waals surface area (Å²) in [4.78, 5) is 15.8. The highest BCUT2D eigenvalue weighted by molar-refractivity contribution is 5.79. The molecule has 3 aliphatic heterocycles. The van der Waals surface area contributed by atoms with Crippen LogP contribution in [-0.2, 0) is 11.2 Å². The van der Waals surface area contributed by atoms with E-state index in [9.17, 15) is 9.18 Å². The Bertz CT molecular complexity index is 729. The van der Waals surface area contributed by atoms with Gasteiger partial charge in [-0.25, -0.2) is 0 Å². The first-order chi connectivity index (χ1) is 13.0. The van der Waals surface area contributed by atoms with E-state index in [-0.39, 0.29) is 23.9 Å². The van der Waals surface area contributed by atoms with Crippen LogP contribution in [0.2, 0.25) is 0 Å². The topological polar surface area (TPSA) is 70.8 Å². The maximum atomic E-state index is 13.1. The summed E-state index contributed by atoms with van der Waals surface area (Å²) in [5.41, 5.74) is 7.03. The molecule has 4 N–H and O–H groups in total. The van der Waals surface area contributed by atoms with Gasteiger partial charge in [0.15, 0.2) is 11.5 Å². The third kappa shape index (κ3) is 3.17. The van der Waals surface area contributed by atoms with E-state index in [2.05, 4.69) is 17.9 Å². The van der Waals surface area contributed by atoms with Gasteiger partial charge in [-0.3, -0.25) is 9.18 Å². The van der Waals surface area contributed by atoms with E-state index in [0.29, 0.717) is 19.0 Å². The molecule has 1 unspecified atom stereocenters. The molecular weight excluding hydrogens is 349 g/mol. The zero-order valence-corrected chi connectivity index (χ0v) is 16.2. The molecule has 148 valence electrons. The fourth-order valence-corrected chi connectivity index (χ4v) is 5.20. The van der Waals surface area contributed by atoms with E-state index in [1.54, 1.807) is 14.2 Å². The van der Waals surface area contributed by atoms with E-state index in [1.807, 2.05) is 4.90 Å². The number of carbonyl (C=O) groups is 1. The molecule has 0 spiro atoms. The van der Waals surface area contributed by atoms with Crippen molar-refractivity contribution in [1.82, 2.24) is 4.90 Å². The van der Waals surface area contributed by atoms with Gasteiger partial charge in [-0.15, -0.1) is 0 Å². The lowest BCUT2D eigenvalue weighted by molar-refractivity contribution is -0.944. The number of amides is 1. The fraction of sp³-hybridized carbons (Fsp3) is 0.650. The molecule has 27 heavy (non-hydrogen) atoms. The summed E-state index contributed by atoms with van der Waals surface area (Å²) in [7, 11) is 3.33. The molecule has 0 radical (unpaired) electrons. The largest absolute Gasteiger partial charge is 0.493 e. The molecule has 0 saturated carbocycles. The van der Waals surface area contributed by atoms with Crippen LogP contribution in [-0.4, -0.2) is 63.4 Å². The molecule has 0 bridgehead atoms. The Balaban J connectivity index is 1.57. The Hall–Kier alpha value is -1.86. The van der Waals surface area contributed by atoms with Crippen LogP contribution in [0.25, 0.3) is 0 Å². The average molecular weight is 379 g/mol. The number of quaternary nitrogens is 2. The summed E-state index contributed by atoms with van der Waals surface area (Å²) in [5.74, 6) is 1.49. The van der Waals surface area contributed by atoms with Gasteiger partial charge in [0.1, 0.15) is 24.7 Å². The highest BCUT2D eigenvalue weighted by Gasteiger charge is 2.48. The standard InChI is InChI=1S/C20H28FN3O3/c1-26-18-6-13-3-4-23-11-17(24-10-12(9-21)5-20(24)25)15(22)8-16(23)14(13)7-19(18)27-2/h6-7,12,15-17H,3-5,8-11,22H2,1-2H3/p+2/t12-,15+,16+,17+/m1/s1. The first-order valence-electron chi connectivity index (χ1n) is 9.83. The zero-order valence-electron chi connectivity index (χ0n) is 16.2. The molecule has 0 aromatic heterocycles. The molecule has 3 aliphatic rings. The van der Waals surface area contributed by atoms with Crippen LogP contribution in [0, 0.1) is 5.92 Å². The number of piperidine rings is 1. The van der Waals surface area contributed by atoms with Gasteiger partial charge in [0, 0.05) is 30.9 Å². The molecule has 1 aromatic carbocycles. The highest BCUT2D eigenvalue weighted by Crippen LogP contribution is 2.36. The van der Waals surface area contributed by atoms with Crippen molar-refractivity contribution < 1.29 is 29.3 Å². The van der Waals surface area contributed by atoms with E-state index in [4.69, 9.17) is 9.47 Å². The second kappa shape index (κ2) is 7.28. The van der Waals surface area contributed by atoms with Crippen molar-refractivity contribution in [3.8, 4) is 11.5 Å². The monoisotopic (exact) mass is 379 g/mol. The van der Waals surface area contributed by atoms with Crippen LogP contribution in [0.15, 0.2) is 12.1 Å². The predicted molar refractivity (Wildman–Crippen MR) is 97.6 cm³/mol. The smallest absolute Gasteiger partial charge is 0.223 e. The second-order valence-corrected chi connectivity index (χ2v) is 8.15. The summed E-state index contributed by atoms with van der Waals surface area (Å²) in [6.45, 7) is 2.05. The van der Waals surface area contributed by atoms with Gasteiger partial charge in [-0.05, 0) is 17.7 Å². The SMILES string of the molecule is COc1cc2c(cc1OC)[C@@H]1C[C@H]([NH3+])[C@@H](N3C[C@@H](CF)CC3=O)C[NH+]1CC2. The van der Waals surface area contributed by atoms with Crippen molar-refractivity contribution in [1.29, 1.82) is 0 Å². The number of nitrogens with one attached hydrogen (secondary N) is 1. The van der Waals surface area contributed by atoms with Gasteiger partial charge in [0.05, 0.1) is 33.9 Å². The van der Waals surface area contributed by atoms with Gasteiger partial charge in [0.25, 0.3) is 0 Å². The van der Waals surface area contributed by atoms with Crippen LogP contribution < -0.4 is 20.1 Å². The molecule has 0 aliphatic carbocycles. The molecule has 1 amide bonds. The lowest BCUT2D eigenvalue weighted by Crippen LogP contribution is -3.17. The summed E-state index contributed by atoms with van der Waals surface area (Å²) in [6, 6.07) is 4.85. The molecule has 2 fully saturated rings. The van der Waals surface area contributed by atoms with Crippen LogP contribution >= 0.6 is 0 Å². The number of hydrogen-bond donors (Lipinski definition) is 2. The van der Waals surface area contributed by atoms with Crippen molar-refractivity contribution in [2.24, 2.45) is 5.92 Å². The van der Waals surface area contributed by atoms with Crippen molar-refractivity contribution in [2.45, 2.75) is 37.4 Å². The second-order valence-electron chi connectivity index (χ2n) is 8.15. The number of ether oxygens (including phenoxy) is 2. The number of benzene rings is 1. The molecule has 6 nitrogen and oxygen atoms in total. The minimum absolute atomic E-state index is 0.0953. The minimum Gasteiger partial charge on any atom is -0.493 e. The van der Waals surface area contributed by atoms with Crippen LogP contribution in [0.4, 0.5) is 4.39 Å². The average Bonchev–Trinajstić information content (AvgIpc) is 3.06. The lowest BCUT2D eigenvalue weighted by Gasteiger charge is -2.44. The van der Waals surface area contributed by atoms with E-state index < -0.39 is 6.67 Å². The quantitative estimate of drug-likeness (QED) is 0.733. The number of nitrogens with zero attached hydrogens (tertiary/aromatic N) is 1. The Kier molecular flexibility index (Phi) is 4.99. The highest BCUT2D eigenvalue weighted by atomic mass is 19.1. The Morgan fingerprint density at radius 1 is 1.30 bits per heavy atom. The molecular formula is C20H30FN3O3+2. The van der Waals surface area contributed by atoms with Crippen LogP contribution in [0.1, 0.15) is 30.0 Å². The summed E-state index contributed by atoms with van der Waals surface area (Å²) >= 11 is 0. The lowest BCUT2D eigenvalue weighted by atomic mass is 9.83. The van der Waals surface area contributed by atoms with Crippen molar-refractivity contribution in [3.63, 3.8) is 0 Å². The fourth-order valence-electron chi connectivity index (χ4n) is 5.20. The third-order valence-electron chi connectivity index (χ3n) is 6.64. The summed E-state index contributed by atoms with van der Waals surface area (Å²) < 4.78 is 24.0. The Morgan fingerprint density at radius 3 is 2.70 bits per heavy atom. The van der Waals surface area contributed by atoms with Crippen LogP contribution in [0.3, 0.4) is 0 Å². The van der Waals surface area contributed by atoms with Gasteiger partial charge in [-0.1, -0.05) is 0 Å². The summed E-state index contributed by atoms with van der Waals surface area (Å²) in [6.07, 6.45) is 2.25. The molecule has 4 rings (SSSR count). The van der Waals surface area contributed by atoms with Crippen molar-refractivity contribution in [2.75, 3.05) is 40.5 Å². The first-order valence-corrected chi connectivity index (χ1v) is 9.83. The maximum absolute atomic E-state index is 13.1. The number of rotatable bonds is 4.